The van der Waals surface area contributed by atoms with Gasteiger partial charge in [-0.15, -0.1) is 0 Å². The van der Waals surface area contributed by atoms with E-state index in [9.17, 15) is 18.4 Å². The number of rotatable bonds is 2. The Balaban J connectivity index is 2.31. The van der Waals surface area contributed by atoms with Gasteiger partial charge in [-0.1, -0.05) is 6.42 Å². The minimum atomic E-state index is -3.18. The van der Waals surface area contributed by atoms with Crippen LogP contribution in [-0.4, -0.2) is 29.1 Å². The molecule has 0 radical (unpaired) electrons. The van der Waals surface area contributed by atoms with E-state index < -0.39 is 35.8 Å². The van der Waals surface area contributed by atoms with E-state index in [1.54, 1.807) is 0 Å². The average Bonchev–Trinajstić information content (AvgIpc) is 2.39. The van der Waals surface area contributed by atoms with Crippen molar-refractivity contribution in [3.63, 3.8) is 0 Å². The zero-order chi connectivity index (χ0) is 11.3. The first kappa shape index (κ1) is 10.3. The Morgan fingerprint density at radius 2 is 2.07 bits per heavy atom. The van der Waals surface area contributed by atoms with Gasteiger partial charge in [0.05, 0.1) is 5.41 Å². The number of aliphatic carboxylic acids is 1. The van der Waals surface area contributed by atoms with Gasteiger partial charge in [0.1, 0.15) is 0 Å². The Hall–Kier alpha value is -1.20. The van der Waals surface area contributed by atoms with Crippen LogP contribution in [0.5, 0.6) is 0 Å². The molecule has 0 bridgehead atoms. The summed E-state index contributed by atoms with van der Waals surface area (Å²) >= 11 is 0. The van der Waals surface area contributed by atoms with Crippen molar-refractivity contribution >= 4 is 11.9 Å². The number of halogens is 2. The molecule has 0 aromatic heterocycles. The fourth-order valence-electron chi connectivity index (χ4n) is 2.20. The van der Waals surface area contributed by atoms with Crippen LogP contribution in [0, 0.1) is 5.41 Å². The Labute approximate surface area is 84.2 Å². The topological polar surface area (TPSA) is 63.6 Å². The van der Waals surface area contributed by atoms with E-state index in [4.69, 9.17) is 5.11 Å². The summed E-state index contributed by atoms with van der Waals surface area (Å²) in [6.07, 6.45) is -1.92. The largest absolute Gasteiger partial charge is 0.478 e. The van der Waals surface area contributed by atoms with Gasteiger partial charge in [0.25, 0.3) is 12.0 Å². The molecule has 15 heavy (non-hydrogen) atoms. The predicted octanol–water partition coefficient (Wildman–Crippen LogP) is 1.19. The lowest BCUT2D eigenvalue weighted by Gasteiger charge is -2.34. The molecule has 0 aromatic rings. The number of hydrogen-bond acceptors (Lipinski definition) is 3. The van der Waals surface area contributed by atoms with Gasteiger partial charge < -0.3 is 9.84 Å². The Kier molecular flexibility index (Phi) is 1.99. The van der Waals surface area contributed by atoms with Gasteiger partial charge in [-0.3, -0.25) is 4.79 Å². The molecular formula is C9H10F2O4. The first-order chi connectivity index (χ1) is 6.93. The van der Waals surface area contributed by atoms with Crippen molar-refractivity contribution in [2.75, 3.05) is 0 Å². The quantitative estimate of drug-likeness (QED) is 0.710. The summed E-state index contributed by atoms with van der Waals surface area (Å²) in [7, 11) is 0. The highest BCUT2D eigenvalue weighted by Gasteiger charge is 2.66. The molecule has 1 saturated heterocycles. The minimum absolute atomic E-state index is 0.397. The summed E-state index contributed by atoms with van der Waals surface area (Å²) in [5.74, 6) is -2.54. The lowest BCUT2D eigenvalue weighted by molar-refractivity contribution is -0.186. The number of carboxylic acid groups (broad SMARTS) is 1. The first-order valence-corrected chi connectivity index (χ1v) is 4.68. The van der Waals surface area contributed by atoms with Crippen LogP contribution in [0.4, 0.5) is 8.78 Å². The monoisotopic (exact) mass is 220 g/mol. The molecule has 1 spiro atoms. The summed E-state index contributed by atoms with van der Waals surface area (Å²) in [4.78, 5) is 22.2. The molecule has 1 saturated carbocycles. The molecule has 1 heterocycles. The Morgan fingerprint density at radius 1 is 1.47 bits per heavy atom. The number of carbonyl (C=O) groups excluding carboxylic acids is 1. The molecule has 1 aliphatic heterocycles. The molecule has 2 rings (SSSR count). The van der Waals surface area contributed by atoms with Crippen LogP contribution in [0.3, 0.4) is 0 Å². The fraction of sp³-hybridized carbons (Fsp3) is 0.778. The van der Waals surface area contributed by atoms with Crippen LogP contribution in [0.15, 0.2) is 0 Å². The van der Waals surface area contributed by atoms with Gasteiger partial charge in [-0.25, -0.2) is 13.6 Å². The third kappa shape index (κ3) is 1.16. The van der Waals surface area contributed by atoms with E-state index in [1.807, 2.05) is 0 Å². The highest BCUT2D eigenvalue weighted by atomic mass is 19.3. The first-order valence-electron chi connectivity index (χ1n) is 4.68. The number of carbonyl (C=O) groups is 2. The van der Waals surface area contributed by atoms with Crippen molar-refractivity contribution in [2.45, 2.75) is 37.7 Å². The molecule has 6 heteroatoms. The molecule has 2 aliphatic rings. The van der Waals surface area contributed by atoms with Gasteiger partial charge in [0.2, 0.25) is 0 Å². The molecule has 0 amide bonds. The smallest absolute Gasteiger partial charge is 0.354 e. The zero-order valence-corrected chi connectivity index (χ0v) is 7.83. The van der Waals surface area contributed by atoms with Crippen molar-refractivity contribution in [3.8, 4) is 0 Å². The number of esters is 1. The highest BCUT2D eigenvalue weighted by Crippen LogP contribution is 2.55. The molecule has 1 unspecified atom stereocenters. The normalized spacial score (nSPS) is 32.9. The standard InChI is InChI=1S/C9H10F2O4/c10-5(11)9(6(12)13)4-8(2-1-3-8)7(14)15-9/h5H,1-4H2,(H,12,13). The van der Waals surface area contributed by atoms with Gasteiger partial charge in [-0.2, -0.15) is 0 Å². The van der Waals surface area contributed by atoms with Crippen LogP contribution < -0.4 is 0 Å². The van der Waals surface area contributed by atoms with Crippen LogP contribution in [0.25, 0.3) is 0 Å². The third-order valence-corrected chi connectivity index (χ3v) is 3.33. The Morgan fingerprint density at radius 3 is 2.27 bits per heavy atom. The number of hydrogen-bond donors (Lipinski definition) is 1. The van der Waals surface area contributed by atoms with E-state index in [0.29, 0.717) is 12.8 Å². The summed E-state index contributed by atoms with van der Waals surface area (Å²) in [6.45, 7) is 0. The lowest BCUT2D eigenvalue weighted by Crippen LogP contribution is -2.46. The number of cyclic esters (lactones) is 1. The second-order valence-electron chi connectivity index (χ2n) is 4.20. The maximum Gasteiger partial charge on any atom is 0.354 e. The van der Waals surface area contributed by atoms with E-state index in [1.165, 1.54) is 0 Å². The van der Waals surface area contributed by atoms with E-state index in [-0.39, 0.29) is 0 Å². The average molecular weight is 220 g/mol. The zero-order valence-electron chi connectivity index (χ0n) is 7.83. The molecule has 1 atom stereocenters. The van der Waals surface area contributed by atoms with E-state index >= 15 is 0 Å². The fourth-order valence-corrected chi connectivity index (χ4v) is 2.20. The molecular weight excluding hydrogens is 210 g/mol. The minimum Gasteiger partial charge on any atom is -0.478 e. The van der Waals surface area contributed by atoms with Crippen molar-refractivity contribution in [1.82, 2.24) is 0 Å². The third-order valence-electron chi connectivity index (χ3n) is 3.33. The molecule has 1 N–H and O–H groups in total. The second kappa shape index (κ2) is 2.90. The second-order valence-corrected chi connectivity index (χ2v) is 4.20. The van der Waals surface area contributed by atoms with Crippen LogP contribution in [0.1, 0.15) is 25.7 Å². The van der Waals surface area contributed by atoms with E-state index in [2.05, 4.69) is 4.74 Å². The Bertz CT molecular complexity index is 324. The van der Waals surface area contributed by atoms with Gasteiger partial charge in [0.15, 0.2) is 0 Å². The number of alkyl halides is 2. The molecule has 84 valence electrons. The van der Waals surface area contributed by atoms with Gasteiger partial charge in [-0.05, 0) is 12.8 Å². The molecule has 1 aliphatic carbocycles. The summed E-state index contributed by atoms with van der Waals surface area (Å²) in [5, 5.41) is 8.75. The maximum absolute atomic E-state index is 12.7. The number of ether oxygens (including phenoxy) is 1. The highest BCUT2D eigenvalue weighted by molar-refractivity contribution is 5.90. The van der Waals surface area contributed by atoms with Crippen molar-refractivity contribution in [2.24, 2.45) is 5.41 Å². The molecule has 4 nitrogen and oxygen atoms in total. The summed E-state index contributed by atoms with van der Waals surface area (Å²) < 4.78 is 29.8. The van der Waals surface area contributed by atoms with Crippen molar-refractivity contribution in [3.05, 3.63) is 0 Å². The van der Waals surface area contributed by atoms with Gasteiger partial charge >= 0.3 is 11.9 Å². The SMILES string of the molecule is O=C1OC(C(=O)O)(C(F)F)CC12CCC2. The van der Waals surface area contributed by atoms with Crippen LogP contribution in [-0.2, 0) is 14.3 Å². The van der Waals surface area contributed by atoms with Crippen LogP contribution in [0.2, 0.25) is 0 Å². The lowest BCUT2D eigenvalue weighted by atomic mass is 9.65. The summed E-state index contributed by atoms with van der Waals surface area (Å²) in [5.41, 5.74) is -3.56. The van der Waals surface area contributed by atoms with Gasteiger partial charge in [0, 0.05) is 6.42 Å². The van der Waals surface area contributed by atoms with Crippen molar-refractivity contribution < 1.29 is 28.2 Å². The predicted molar refractivity (Wildman–Crippen MR) is 43.4 cm³/mol. The summed E-state index contributed by atoms with van der Waals surface area (Å²) in [6, 6.07) is 0. The molecule has 0 aromatic carbocycles. The maximum atomic E-state index is 12.7. The van der Waals surface area contributed by atoms with Crippen molar-refractivity contribution in [1.29, 1.82) is 0 Å². The van der Waals surface area contributed by atoms with Crippen LogP contribution >= 0.6 is 0 Å². The number of carboxylic acids is 1. The molecule has 2 fully saturated rings. The van der Waals surface area contributed by atoms with E-state index in [0.717, 1.165) is 6.42 Å².